The molecule has 3 unspecified atom stereocenters. The maximum Gasteiger partial charge on any atom is 0.191 e. The van der Waals surface area contributed by atoms with E-state index in [9.17, 15) is 0 Å². The van der Waals surface area contributed by atoms with Crippen LogP contribution in [0.4, 0.5) is 0 Å². The Labute approximate surface area is 167 Å². The lowest BCUT2D eigenvalue weighted by Gasteiger charge is -2.22. The highest BCUT2D eigenvalue weighted by Crippen LogP contribution is 2.34. The molecule has 1 aromatic rings. The Balaban J connectivity index is 1.51. The van der Waals surface area contributed by atoms with E-state index in [2.05, 4.69) is 52.4 Å². The van der Waals surface area contributed by atoms with Gasteiger partial charge in [-0.05, 0) is 44.8 Å². The summed E-state index contributed by atoms with van der Waals surface area (Å²) in [6, 6.07) is 0.403. The molecule has 2 aliphatic heterocycles. The lowest BCUT2D eigenvalue weighted by Crippen LogP contribution is -2.47. The zero-order valence-electron chi connectivity index (χ0n) is 17.1. The second-order valence-corrected chi connectivity index (χ2v) is 8.61. The van der Waals surface area contributed by atoms with Crippen molar-refractivity contribution in [1.29, 1.82) is 0 Å². The van der Waals surface area contributed by atoms with Crippen LogP contribution in [-0.4, -0.2) is 58.3 Å². The molecule has 2 aliphatic rings. The van der Waals surface area contributed by atoms with Gasteiger partial charge in [0.2, 0.25) is 0 Å². The van der Waals surface area contributed by atoms with Gasteiger partial charge < -0.3 is 19.9 Å². The van der Waals surface area contributed by atoms with Crippen molar-refractivity contribution in [2.75, 3.05) is 19.3 Å². The number of ether oxygens (including phenoxy) is 1. The van der Waals surface area contributed by atoms with Crippen LogP contribution >= 0.6 is 11.8 Å². The van der Waals surface area contributed by atoms with Crippen LogP contribution in [-0.2, 0) is 17.7 Å². The Morgan fingerprint density at radius 2 is 2.22 bits per heavy atom. The molecule has 0 aliphatic carbocycles. The Morgan fingerprint density at radius 3 is 2.85 bits per heavy atom. The van der Waals surface area contributed by atoms with E-state index in [-0.39, 0.29) is 0 Å². The summed E-state index contributed by atoms with van der Waals surface area (Å²) in [6.07, 6.45) is 8.23. The first-order valence-corrected chi connectivity index (χ1v) is 11.5. The van der Waals surface area contributed by atoms with Crippen LogP contribution in [0.3, 0.4) is 0 Å². The molecule has 27 heavy (non-hydrogen) atoms. The summed E-state index contributed by atoms with van der Waals surface area (Å²) in [5.74, 6) is 2.56. The molecule has 0 radical (unpaired) electrons. The lowest BCUT2D eigenvalue weighted by molar-refractivity contribution is 0.0992. The Bertz CT molecular complexity index is 632. The van der Waals surface area contributed by atoms with Gasteiger partial charge in [0, 0.05) is 26.1 Å². The van der Waals surface area contributed by atoms with Gasteiger partial charge in [-0.1, -0.05) is 25.6 Å². The topological polar surface area (TPSA) is 76.4 Å². The van der Waals surface area contributed by atoms with E-state index in [1.165, 1.54) is 12.8 Å². The molecule has 3 rings (SSSR count). The first-order chi connectivity index (χ1) is 13.1. The van der Waals surface area contributed by atoms with E-state index in [4.69, 9.17) is 9.73 Å². The number of nitrogens with zero attached hydrogens (tertiary/aromatic N) is 4. The van der Waals surface area contributed by atoms with E-state index < -0.39 is 0 Å². The monoisotopic (exact) mass is 394 g/mol. The second-order valence-electron chi connectivity index (χ2n) is 7.83. The van der Waals surface area contributed by atoms with E-state index in [0.29, 0.717) is 24.2 Å². The van der Waals surface area contributed by atoms with Gasteiger partial charge in [0.25, 0.3) is 0 Å². The van der Waals surface area contributed by atoms with Crippen LogP contribution in [0.1, 0.15) is 52.3 Å². The zero-order chi connectivity index (χ0) is 19.2. The normalized spacial score (nSPS) is 24.8. The number of nitrogens with one attached hydrogen (secondary N) is 2. The van der Waals surface area contributed by atoms with Crippen LogP contribution in [0.15, 0.2) is 10.1 Å². The molecule has 0 spiro atoms. The third kappa shape index (κ3) is 5.38. The molecule has 3 atom stereocenters. The molecule has 8 heteroatoms. The highest BCUT2D eigenvalue weighted by Gasteiger charge is 2.41. The van der Waals surface area contributed by atoms with Crippen LogP contribution in [0.25, 0.3) is 0 Å². The summed E-state index contributed by atoms with van der Waals surface area (Å²) in [4.78, 5) is 4.77. The predicted molar refractivity (Wildman–Crippen MR) is 110 cm³/mol. The molecular weight excluding hydrogens is 360 g/mol. The summed E-state index contributed by atoms with van der Waals surface area (Å²) >= 11 is 1.66. The molecule has 0 saturated carbocycles. The number of aliphatic imine (C=N–C) groups is 1. The van der Waals surface area contributed by atoms with Crippen molar-refractivity contribution in [2.45, 2.75) is 82.8 Å². The third-order valence-electron chi connectivity index (χ3n) is 5.12. The molecular formula is C19H34N6OS. The van der Waals surface area contributed by atoms with Crippen molar-refractivity contribution < 1.29 is 4.74 Å². The molecule has 0 amide bonds. The number of hydrogen-bond acceptors (Lipinski definition) is 5. The van der Waals surface area contributed by atoms with Gasteiger partial charge in [0.05, 0.1) is 18.2 Å². The molecule has 2 N–H and O–H groups in total. The Hall–Kier alpha value is -1.28. The largest absolute Gasteiger partial charge is 0.373 e. The maximum absolute atomic E-state index is 5.94. The standard InChI is InChI=1S/C19H34N6OS/c1-5-20-18(22-15-11-14-8-9-16(15)26-14)21-10-6-7-17-23-24-19(27-4)25(17)12-13(2)3/h13-16H,5-12H2,1-4H3,(H2,20,21,22). The Kier molecular flexibility index (Phi) is 7.41. The number of rotatable bonds is 9. The van der Waals surface area contributed by atoms with Crippen LogP contribution in [0, 0.1) is 5.92 Å². The molecule has 2 fully saturated rings. The van der Waals surface area contributed by atoms with Gasteiger partial charge in [-0.2, -0.15) is 0 Å². The van der Waals surface area contributed by atoms with Crippen LogP contribution in [0.2, 0.25) is 0 Å². The molecule has 3 heterocycles. The minimum Gasteiger partial charge on any atom is -0.373 e. The smallest absolute Gasteiger partial charge is 0.191 e. The van der Waals surface area contributed by atoms with E-state index in [1.54, 1.807) is 11.8 Å². The molecule has 0 aromatic carbocycles. The average Bonchev–Trinajstić information content (AvgIpc) is 3.34. The highest BCUT2D eigenvalue weighted by molar-refractivity contribution is 7.98. The Morgan fingerprint density at radius 1 is 1.37 bits per heavy atom. The molecule has 2 saturated heterocycles. The predicted octanol–water partition coefficient (Wildman–Crippen LogP) is 2.46. The van der Waals surface area contributed by atoms with Crippen molar-refractivity contribution in [1.82, 2.24) is 25.4 Å². The zero-order valence-corrected chi connectivity index (χ0v) is 17.9. The van der Waals surface area contributed by atoms with Gasteiger partial charge in [-0.25, -0.2) is 0 Å². The molecule has 1 aromatic heterocycles. The van der Waals surface area contributed by atoms with Crippen molar-refractivity contribution in [3.8, 4) is 0 Å². The van der Waals surface area contributed by atoms with Crippen LogP contribution < -0.4 is 10.6 Å². The van der Waals surface area contributed by atoms with Crippen LogP contribution in [0.5, 0.6) is 0 Å². The van der Waals surface area contributed by atoms with E-state index in [0.717, 1.165) is 55.8 Å². The summed E-state index contributed by atoms with van der Waals surface area (Å²) < 4.78 is 8.20. The SMILES string of the molecule is CCNC(=NCCCc1nnc(SC)n1CC(C)C)NC1CC2CCC1O2. The number of aryl methyl sites for hydroxylation is 1. The number of aromatic nitrogens is 3. The molecule has 7 nitrogen and oxygen atoms in total. The van der Waals surface area contributed by atoms with Gasteiger partial charge in [0.15, 0.2) is 11.1 Å². The highest BCUT2D eigenvalue weighted by atomic mass is 32.2. The number of thioether (sulfide) groups is 1. The van der Waals surface area contributed by atoms with Gasteiger partial charge in [-0.3, -0.25) is 4.99 Å². The first kappa shape index (κ1) is 20.5. The lowest BCUT2D eigenvalue weighted by atomic mass is 9.96. The fraction of sp³-hybridized carbons (Fsp3) is 0.842. The van der Waals surface area contributed by atoms with E-state index >= 15 is 0 Å². The summed E-state index contributed by atoms with van der Waals surface area (Å²) in [5, 5.41) is 16.7. The van der Waals surface area contributed by atoms with Crippen molar-refractivity contribution in [3.05, 3.63) is 5.82 Å². The minimum atomic E-state index is 0.360. The number of guanidine groups is 1. The first-order valence-electron chi connectivity index (χ1n) is 10.3. The number of hydrogen-bond donors (Lipinski definition) is 2. The molecule has 2 bridgehead atoms. The summed E-state index contributed by atoms with van der Waals surface area (Å²) in [7, 11) is 0. The quantitative estimate of drug-likeness (QED) is 0.290. The average molecular weight is 395 g/mol. The van der Waals surface area contributed by atoms with Crippen molar-refractivity contribution in [3.63, 3.8) is 0 Å². The fourth-order valence-electron chi connectivity index (χ4n) is 3.92. The third-order valence-corrected chi connectivity index (χ3v) is 5.79. The number of fused-ring (bicyclic) bond motifs is 2. The summed E-state index contributed by atoms with van der Waals surface area (Å²) in [5.41, 5.74) is 0. The van der Waals surface area contributed by atoms with E-state index in [1.807, 2.05) is 0 Å². The van der Waals surface area contributed by atoms with Gasteiger partial charge >= 0.3 is 0 Å². The van der Waals surface area contributed by atoms with Crippen molar-refractivity contribution in [2.24, 2.45) is 10.9 Å². The minimum absolute atomic E-state index is 0.360. The van der Waals surface area contributed by atoms with Crippen molar-refractivity contribution >= 4 is 17.7 Å². The van der Waals surface area contributed by atoms with Gasteiger partial charge in [-0.15, -0.1) is 10.2 Å². The second kappa shape index (κ2) is 9.78. The van der Waals surface area contributed by atoms with Gasteiger partial charge in [0.1, 0.15) is 5.82 Å². The molecule has 152 valence electrons. The fourth-order valence-corrected chi connectivity index (χ4v) is 4.44. The summed E-state index contributed by atoms with van der Waals surface area (Å²) in [6.45, 7) is 9.17. The maximum atomic E-state index is 5.94.